The molecule has 0 aliphatic carbocycles. The summed E-state index contributed by atoms with van der Waals surface area (Å²) in [6.45, 7) is 6.53. The van der Waals surface area contributed by atoms with Crippen LogP contribution >= 0.6 is 0 Å². The van der Waals surface area contributed by atoms with E-state index in [1.54, 1.807) is 36.0 Å². The summed E-state index contributed by atoms with van der Waals surface area (Å²) in [6.07, 6.45) is -4.76. The van der Waals surface area contributed by atoms with Gasteiger partial charge in [0, 0.05) is 131 Å². The maximum Gasteiger partial charge on any atom is 0.320 e. The predicted octanol–water partition coefficient (Wildman–Crippen LogP) is -6.10. The quantitative estimate of drug-likeness (QED) is 0.0183. The molecule has 8 rings (SSSR count). The Labute approximate surface area is 658 Å². The van der Waals surface area contributed by atoms with Crippen LogP contribution < -0.4 is 21.3 Å². The Bertz CT molecular complexity index is 3290. The van der Waals surface area contributed by atoms with Crippen molar-refractivity contribution in [1.82, 2.24) is 91.0 Å². The predicted molar refractivity (Wildman–Crippen MR) is 389 cm³/mol. The number of carboxylic acids is 1. The molecule has 114 heavy (non-hydrogen) atoms. The minimum absolute atomic E-state index is 0.0577. The normalized spacial score (nSPS) is 28.2. The standard InChI is InChI=1S/C70H118N18O26/c1-41(93)71-54-62(101)58(97)50(37-89)111-67(54)107-25-15-5-10-21-85-33-45(75-79-85)29-83(30-46-34-86(80-76-46)22-11-6-16-26-108-68-55(72-42(2)94)63(102)59(98)51(38-90)112-68)20-14-9-19-49(66(105)106)84(31-47-35-87(81-77-47)23-12-7-17-27-109-69-56(73-43(3)95)64(103)60(99)52(39-91)113-69)32-48-36-88(82-78-48)24-13-8-18-28-110-70-57(74-44(4)96)65(104)61(100)53(40-92)114-70/h33-36,49-65,67-70,89-92,97-104H,5-32,37-40H2,1-4H3,(H,71,93)(H,72,94)(H,73,95)(H,74,96)(H,105,106)/t49-,50+,51+,52+,53+,54+,55+,56+,57+,58-,59-,60-,61-,62+,63+,64+,65+,67+,68+,69+,70+/m0/s1. The number of rotatable bonds is 51. The van der Waals surface area contributed by atoms with Crippen LogP contribution in [0.15, 0.2) is 24.8 Å². The molecule has 4 amide bonds. The molecular weight excluding hydrogens is 1510 g/mol. The summed E-state index contributed by atoms with van der Waals surface area (Å²) in [6, 6.07) is -5.33. The maximum absolute atomic E-state index is 13.6. The molecule has 4 saturated heterocycles. The highest BCUT2D eigenvalue weighted by Gasteiger charge is 2.49. The summed E-state index contributed by atoms with van der Waals surface area (Å²) in [7, 11) is 0. The van der Waals surface area contributed by atoms with Gasteiger partial charge in [0.1, 0.15) is 103 Å². The first-order valence-electron chi connectivity index (χ1n) is 39.1. The lowest BCUT2D eigenvalue weighted by Crippen LogP contribution is -2.64. The van der Waals surface area contributed by atoms with Crippen molar-refractivity contribution in [1.29, 1.82) is 0 Å². The number of aliphatic hydroxyl groups is 12. The number of carbonyl (C=O) groups is 5. The molecule has 4 fully saturated rings. The summed E-state index contributed by atoms with van der Waals surface area (Å²) in [5.41, 5.74) is 2.27. The number of unbranched alkanes of at least 4 members (excludes halogenated alkanes) is 9. The minimum Gasteiger partial charge on any atom is -0.480 e. The monoisotopic (exact) mass is 1630 g/mol. The van der Waals surface area contributed by atoms with E-state index >= 15 is 0 Å². The van der Waals surface area contributed by atoms with Gasteiger partial charge in [-0.3, -0.25) is 52.5 Å². The summed E-state index contributed by atoms with van der Waals surface area (Å²) in [4.78, 5) is 65.2. The molecule has 0 aromatic carbocycles. The number of ether oxygens (including phenoxy) is 8. The highest BCUT2D eigenvalue weighted by atomic mass is 16.7. The molecular formula is C70H118N18O26. The number of aliphatic hydroxyl groups excluding tert-OH is 12. The largest absolute Gasteiger partial charge is 0.480 e. The zero-order chi connectivity index (χ0) is 82.4. The summed E-state index contributed by atoms with van der Waals surface area (Å²) in [5.74, 6) is -2.96. The topological polar surface area (TPSA) is 600 Å². The van der Waals surface area contributed by atoms with Crippen LogP contribution in [0.2, 0.25) is 0 Å². The third-order valence-corrected chi connectivity index (χ3v) is 20.0. The Balaban J connectivity index is 0.895. The third kappa shape index (κ3) is 28.4. The van der Waals surface area contributed by atoms with Gasteiger partial charge >= 0.3 is 5.97 Å². The first-order chi connectivity index (χ1) is 54.8. The van der Waals surface area contributed by atoms with Gasteiger partial charge in [0.25, 0.3) is 0 Å². The van der Waals surface area contributed by atoms with Gasteiger partial charge in [0.2, 0.25) is 23.6 Å². The van der Waals surface area contributed by atoms with Crippen molar-refractivity contribution in [3.8, 4) is 0 Å². The van der Waals surface area contributed by atoms with Gasteiger partial charge in [-0.1, -0.05) is 27.3 Å². The van der Waals surface area contributed by atoms with Gasteiger partial charge in [0.15, 0.2) is 25.2 Å². The van der Waals surface area contributed by atoms with Crippen LogP contribution in [0.1, 0.15) is 147 Å². The molecule has 4 aliphatic rings. The van der Waals surface area contributed by atoms with Crippen molar-refractivity contribution in [3.63, 3.8) is 0 Å². The van der Waals surface area contributed by atoms with E-state index in [9.17, 15) is 90.4 Å². The number of aromatic nitrogens is 12. The fourth-order valence-corrected chi connectivity index (χ4v) is 14.0. The van der Waals surface area contributed by atoms with E-state index < -0.39 is 185 Å². The first kappa shape index (κ1) is 92.5. The SMILES string of the molecule is CC(=O)N[C@H]1[C@H](OCCCCCn2cc(CN(CCCC[C@@H](C(=O)O)N(Cc3cn(CCCCCO[C@@H]4O[C@H](CO)[C@H](O)[C@H](O)[C@H]4NC(C)=O)nn3)Cc3cn(CCCCCO[C@@H]4O[C@H](CO)[C@H](O)[C@H](O)[C@H]4NC(C)=O)nn3)Cc3cn(CCCCCO[C@@H]4O[C@H](CO)[C@H](O)[C@H](O)[C@H]4NC(C)=O)nn3)nn2)O[C@H](CO)[C@H](O)[C@@H]1O. The van der Waals surface area contributed by atoms with Gasteiger partial charge in [-0.15, -0.1) is 20.4 Å². The van der Waals surface area contributed by atoms with Gasteiger partial charge in [-0.25, -0.2) is 0 Å². The second kappa shape index (κ2) is 47.4. The van der Waals surface area contributed by atoms with E-state index in [1.165, 1.54) is 27.7 Å². The van der Waals surface area contributed by atoms with Crippen molar-refractivity contribution < 1.29 is 128 Å². The molecule has 44 heteroatoms. The van der Waals surface area contributed by atoms with Crippen LogP contribution in [0, 0.1) is 0 Å². The molecule has 4 aromatic heterocycles. The van der Waals surface area contributed by atoms with Crippen molar-refractivity contribution in [3.05, 3.63) is 47.6 Å². The Morgan fingerprint density at radius 3 is 0.895 bits per heavy atom. The molecule has 0 saturated carbocycles. The zero-order valence-corrected chi connectivity index (χ0v) is 64.9. The number of carbonyl (C=O) groups excluding carboxylic acids is 4. The van der Waals surface area contributed by atoms with Crippen molar-refractivity contribution in [2.75, 3.05) is 59.4 Å². The number of hydrogen-bond acceptors (Lipinski definition) is 35. The average Bonchev–Trinajstić information content (AvgIpc) is 1.16. The second-order valence-corrected chi connectivity index (χ2v) is 29.3. The van der Waals surface area contributed by atoms with Gasteiger partial charge in [0.05, 0.1) is 49.2 Å². The van der Waals surface area contributed by atoms with E-state index in [0.717, 1.165) is 0 Å². The highest BCUT2D eigenvalue weighted by Crippen LogP contribution is 2.28. The van der Waals surface area contributed by atoms with Gasteiger partial charge < -0.3 is 126 Å². The number of nitrogens with zero attached hydrogens (tertiary/aromatic N) is 14. The number of amides is 4. The van der Waals surface area contributed by atoms with Crippen molar-refractivity contribution in [2.45, 2.75) is 305 Å². The summed E-state index contributed by atoms with van der Waals surface area (Å²) >= 11 is 0. The molecule has 0 unspecified atom stereocenters. The number of aliphatic carboxylic acids is 1. The lowest BCUT2D eigenvalue weighted by molar-refractivity contribution is -0.270. The van der Waals surface area contributed by atoms with Crippen LogP contribution in [-0.4, -0.2) is 354 Å². The Morgan fingerprint density at radius 1 is 0.386 bits per heavy atom. The van der Waals surface area contributed by atoms with Crippen molar-refractivity contribution in [2.24, 2.45) is 0 Å². The number of hydrogen-bond donors (Lipinski definition) is 17. The fraction of sp³-hybridized carbons (Fsp3) is 0.814. The minimum atomic E-state index is -1.45. The molecule has 17 N–H and O–H groups in total. The smallest absolute Gasteiger partial charge is 0.320 e. The number of aryl methyl sites for hydroxylation is 4. The molecule has 644 valence electrons. The van der Waals surface area contributed by atoms with Crippen LogP contribution in [0.5, 0.6) is 0 Å². The lowest BCUT2D eigenvalue weighted by atomic mass is 9.97. The fourth-order valence-electron chi connectivity index (χ4n) is 14.0. The summed E-state index contributed by atoms with van der Waals surface area (Å²) in [5, 5.41) is 180. The van der Waals surface area contributed by atoms with E-state index in [-0.39, 0.29) is 45.9 Å². The van der Waals surface area contributed by atoms with E-state index in [1.807, 2.05) is 12.4 Å². The zero-order valence-electron chi connectivity index (χ0n) is 64.9. The molecule has 4 aromatic rings. The molecule has 0 bridgehead atoms. The molecule has 8 heterocycles. The number of nitrogens with one attached hydrogen (secondary N) is 4. The first-order valence-corrected chi connectivity index (χ1v) is 39.1. The molecule has 4 aliphatic heterocycles. The summed E-state index contributed by atoms with van der Waals surface area (Å²) < 4.78 is 53.1. The lowest BCUT2D eigenvalue weighted by Gasteiger charge is -2.42. The Morgan fingerprint density at radius 2 is 0.649 bits per heavy atom. The highest BCUT2D eigenvalue weighted by molar-refractivity contribution is 5.75. The van der Waals surface area contributed by atoms with Gasteiger partial charge in [-0.2, -0.15) is 0 Å². The van der Waals surface area contributed by atoms with E-state index in [4.69, 9.17) is 37.9 Å². The van der Waals surface area contributed by atoms with Crippen LogP contribution in [0.4, 0.5) is 0 Å². The third-order valence-electron chi connectivity index (χ3n) is 20.0. The molecule has 0 spiro atoms. The maximum atomic E-state index is 13.6. The average molecular weight is 1630 g/mol. The Kier molecular flexibility index (Phi) is 38.5. The van der Waals surface area contributed by atoms with Crippen molar-refractivity contribution >= 4 is 29.6 Å². The molecule has 44 nitrogen and oxygen atoms in total. The van der Waals surface area contributed by atoms with E-state index in [0.29, 0.717) is 158 Å². The van der Waals surface area contributed by atoms with Crippen LogP contribution in [-0.2, 0) is 114 Å². The molecule has 0 radical (unpaired) electrons. The van der Waals surface area contributed by atoms with Gasteiger partial charge in [-0.05, 0) is 96.4 Å². The second-order valence-electron chi connectivity index (χ2n) is 29.3. The molecule has 21 atom stereocenters. The number of carboxylic acid groups (broad SMARTS) is 1. The van der Waals surface area contributed by atoms with Crippen LogP contribution in [0.25, 0.3) is 0 Å². The Hall–Kier alpha value is -6.97. The van der Waals surface area contributed by atoms with Crippen LogP contribution in [0.3, 0.4) is 0 Å². The van der Waals surface area contributed by atoms with E-state index in [2.05, 4.69) is 67.4 Å².